The van der Waals surface area contributed by atoms with Crippen LogP contribution in [0.5, 0.6) is 0 Å². The van der Waals surface area contributed by atoms with Gasteiger partial charge in [-0.25, -0.2) is 9.78 Å². The summed E-state index contributed by atoms with van der Waals surface area (Å²) in [6.45, 7) is 1.21. The number of rotatable bonds is 5. The second kappa shape index (κ2) is 7.44. The lowest BCUT2D eigenvalue weighted by molar-refractivity contribution is -0.267. The highest BCUT2D eigenvalue weighted by Gasteiger charge is 2.63. The Kier molecular flexibility index (Phi) is 5.36. The first-order valence-corrected chi connectivity index (χ1v) is 8.72. The number of benzene rings is 1. The van der Waals surface area contributed by atoms with E-state index in [1.807, 2.05) is 0 Å². The summed E-state index contributed by atoms with van der Waals surface area (Å²) in [4.78, 5) is 16.2. The van der Waals surface area contributed by atoms with Crippen molar-refractivity contribution in [1.29, 1.82) is 0 Å². The Balaban J connectivity index is 2.24. The largest absolute Gasteiger partial charge is 0.463 e. The van der Waals surface area contributed by atoms with E-state index in [2.05, 4.69) is 9.72 Å². The summed E-state index contributed by atoms with van der Waals surface area (Å²) in [7, 11) is 0. The maximum atomic E-state index is 13.8. The molecule has 9 heteroatoms. The zero-order chi connectivity index (χ0) is 20.5. The van der Waals surface area contributed by atoms with Crippen LogP contribution in [0.2, 0.25) is 5.15 Å². The maximum Gasteiger partial charge on any atom is 0.432 e. The van der Waals surface area contributed by atoms with Crippen LogP contribution < -0.4 is 0 Å². The summed E-state index contributed by atoms with van der Waals surface area (Å²) >= 11 is 5.92. The number of pyridine rings is 1. The molecular formula is C19H16ClF3N2O3. The van der Waals surface area contributed by atoms with Crippen molar-refractivity contribution in [2.24, 2.45) is 0 Å². The molecule has 1 atom stereocenters. The molecule has 0 spiro atoms. The van der Waals surface area contributed by atoms with Crippen molar-refractivity contribution in [1.82, 2.24) is 9.55 Å². The number of esters is 1. The average molecular weight is 413 g/mol. The van der Waals surface area contributed by atoms with Gasteiger partial charge >= 0.3 is 12.1 Å². The molecule has 3 aromatic rings. The number of ether oxygens (including phenoxy) is 1. The lowest BCUT2D eigenvalue weighted by atomic mass is 9.93. The third-order valence-corrected chi connectivity index (χ3v) is 4.47. The van der Waals surface area contributed by atoms with Crippen LogP contribution in [0.3, 0.4) is 0 Å². The van der Waals surface area contributed by atoms with Gasteiger partial charge in [-0.1, -0.05) is 41.9 Å². The van der Waals surface area contributed by atoms with Crippen molar-refractivity contribution < 1.29 is 27.8 Å². The van der Waals surface area contributed by atoms with E-state index in [0.717, 1.165) is 11.8 Å². The highest BCUT2D eigenvalue weighted by molar-refractivity contribution is 6.29. The molecule has 0 bridgehead atoms. The van der Waals surface area contributed by atoms with E-state index < -0.39 is 23.3 Å². The molecular weight excluding hydrogens is 397 g/mol. The normalized spacial score (nSPS) is 14.1. The number of carbonyl (C=O) groups is 1. The van der Waals surface area contributed by atoms with Crippen LogP contribution in [0, 0.1) is 0 Å². The van der Waals surface area contributed by atoms with Gasteiger partial charge < -0.3 is 14.4 Å². The van der Waals surface area contributed by atoms with Gasteiger partial charge in [-0.2, -0.15) is 13.2 Å². The fourth-order valence-corrected chi connectivity index (χ4v) is 3.09. The van der Waals surface area contributed by atoms with E-state index in [4.69, 9.17) is 11.6 Å². The molecule has 0 aliphatic rings. The predicted molar refractivity (Wildman–Crippen MR) is 96.9 cm³/mol. The lowest BCUT2D eigenvalue weighted by Crippen LogP contribution is -2.50. The van der Waals surface area contributed by atoms with E-state index in [1.54, 1.807) is 30.3 Å². The van der Waals surface area contributed by atoms with Gasteiger partial charge in [0.2, 0.25) is 0 Å². The van der Waals surface area contributed by atoms with Crippen LogP contribution in [0.25, 0.3) is 11.0 Å². The molecule has 0 fully saturated rings. The molecule has 0 aliphatic carbocycles. The Morgan fingerprint density at radius 3 is 2.50 bits per heavy atom. The number of carbonyl (C=O) groups excluding carboxylic acids is 1. The third-order valence-electron chi connectivity index (χ3n) is 4.25. The van der Waals surface area contributed by atoms with Crippen molar-refractivity contribution in [3.05, 3.63) is 64.9 Å². The minimum Gasteiger partial charge on any atom is -0.463 e. The van der Waals surface area contributed by atoms with Crippen molar-refractivity contribution in [3.63, 3.8) is 0 Å². The highest BCUT2D eigenvalue weighted by atomic mass is 35.5. The molecule has 0 radical (unpaired) electrons. The highest BCUT2D eigenvalue weighted by Crippen LogP contribution is 2.43. The van der Waals surface area contributed by atoms with Crippen LogP contribution in [0.15, 0.2) is 48.7 Å². The number of halogens is 4. The molecule has 28 heavy (non-hydrogen) atoms. The maximum absolute atomic E-state index is 13.8. The molecule has 0 saturated heterocycles. The number of fused-ring (bicyclic) bond motifs is 1. The molecule has 5 nitrogen and oxygen atoms in total. The molecule has 1 unspecified atom stereocenters. The van der Waals surface area contributed by atoms with Crippen LogP contribution in [0.4, 0.5) is 13.2 Å². The van der Waals surface area contributed by atoms with Gasteiger partial charge in [0.25, 0.3) is 5.60 Å². The van der Waals surface area contributed by atoms with Gasteiger partial charge in [-0.05, 0) is 24.6 Å². The van der Waals surface area contributed by atoms with E-state index in [9.17, 15) is 23.1 Å². The van der Waals surface area contributed by atoms with E-state index >= 15 is 0 Å². The first-order chi connectivity index (χ1) is 13.2. The molecule has 148 valence electrons. The first-order valence-electron chi connectivity index (χ1n) is 8.34. The fraction of sp³-hybridized carbons (Fsp3) is 0.263. The Bertz CT molecular complexity index is 1000. The smallest absolute Gasteiger partial charge is 0.432 e. The molecule has 0 aliphatic heterocycles. The summed E-state index contributed by atoms with van der Waals surface area (Å²) in [5, 5.41) is 10.5. The Morgan fingerprint density at radius 2 is 1.89 bits per heavy atom. The molecule has 1 aromatic carbocycles. The molecule has 1 N–H and O–H groups in total. The minimum atomic E-state index is -5.30. The quantitative estimate of drug-likeness (QED) is 0.507. The summed E-state index contributed by atoms with van der Waals surface area (Å²) in [6, 6.07) is 11.5. The number of hydrogen-bond acceptors (Lipinski definition) is 4. The second-order valence-electron chi connectivity index (χ2n) is 6.09. The summed E-state index contributed by atoms with van der Waals surface area (Å²) < 4.78 is 47.3. The van der Waals surface area contributed by atoms with Crippen LogP contribution in [0.1, 0.15) is 18.1 Å². The van der Waals surface area contributed by atoms with E-state index in [0.29, 0.717) is 0 Å². The van der Waals surface area contributed by atoms with E-state index in [-0.39, 0.29) is 29.3 Å². The van der Waals surface area contributed by atoms with Crippen molar-refractivity contribution >= 4 is 28.6 Å². The first kappa shape index (κ1) is 20.2. The Hall–Kier alpha value is -2.58. The average Bonchev–Trinajstić information content (AvgIpc) is 2.99. The molecule has 2 heterocycles. The van der Waals surface area contributed by atoms with Gasteiger partial charge in [0.15, 0.2) is 0 Å². The van der Waals surface area contributed by atoms with Crippen molar-refractivity contribution in [2.45, 2.75) is 25.2 Å². The predicted octanol–water partition coefficient (Wildman–Crippen LogP) is 4.05. The SMILES string of the molecule is CCOC(=O)C(O)(c1cn(Cc2ccccc2)c2nc(Cl)ccc12)C(F)(F)F. The number of hydrogen-bond donors (Lipinski definition) is 1. The number of aromatic nitrogens is 2. The van der Waals surface area contributed by atoms with Gasteiger partial charge in [0.1, 0.15) is 10.8 Å². The van der Waals surface area contributed by atoms with Gasteiger partial charge in [-0.15, -0.1) is 0 Å². The molecule has 0 amide bonds. The molecule has 0 saturated carbocycles. The molecule has 2 aromatic heterocycles. The van der Waals surface area contributed by atoms with Crippen LogP contribution >= 0.6 is 11.6 Å². The Labute approximate surface area is 163 Å². The number of nitrogens with zero attached hydrogens (tertiary/aromatic N) is 2. The number of aliphatic hydroxyl groups is 1. The minimum absolute atomic E-state index is 0.0480. The van der Waals surface area contributed by atoms with Gasteiger partial charge in [-0.3, -0.25) is 0 Å². The standard InChI is InChI=1S/C19H16ClF3N2O3/c1-2-28-17(26)18(27,19(21,22)23)14-11-25(10-12-6-4-3-5-7-12)16-13(14)8-9-15(20)24-16/h3-9,11,27H,2,10H2,1H3. The second-order valence-corrected chi connectivity index (χ2v) is 6.48. The third kappa shape index (κ3) is 3.45. The zero-order valence-electron chi connectivity index (χ0n) is 14.7. The monoisotopic (exact) mass is 412 g/mol. The van der Waals surface area contributed by atoms with E-state index in [1.165, 1.54) is 23.6 Å². The van der Waals surface area contributed by atoms with Crippen molar-refractivity contribution in [3.8, 4) is 0 Å². The topological polar surface area (TPSA) is 64.3 Å². The van der Waals surface area contributed by atoms with Gasteiger partial charge in [0.05, 0.1) is 6.61 Å². The number of alkyl halides is 3. The van der Waals surface area contributed by atoms with Crippen LogP contribution in [-0.2, 0) is 21.7 Å². The Morgan fingerprint density at radius 1 is 1.21 bits per heavy atom. The summed E-state index contributed by atoms with van der Waals surface area (Å²) in [5.41, 5.74) is -3.59. The zero-order valence-corrected chi connectivity index (χ0v) is 15.5. The summed E-state index contributed by atoms with van der Waals surface area (Å²) in [5.74, 6) is -1.80. The fourth-order valence-electron chi connectivity index (χ4n) is 2.94. The van der Waals surface area contributed by atoms with Gasteiger partial charge in [0, 0.05) is 23.7 Å². The summed E-state index contributed by atoms with van der Waals surface area (Å²) in [6.07, 6.45) is -4.24. The molecule has 3 rings (SSSR count). The van der Waals surface area contributed by atoms with Crippen molar-refractivity contribution in [2.75, 3.05) is 6.61 Å². The lowest BCUT2D eigenvalue weighted by Gasteiger charge is -2.27. The van der Waals surface area contributed by atoms with Crippen LogP contribution in [-0.4, -0.2) is 33.4 Å².